The lowest BCUT2D eigenvalue weighted by Crippen LogP contribution is -1.86. The molecule has 0 radical (unpaired) electrons. The van der Waals surface area contributed by atoms with Crippen LogP contribution in [-0.2, 0) is 6.42 Å². The molecule has 0 aliphatic rings. The van der Waals surface area contributed by atoms with Crippen LogP contribution in [0.3, 0.4) is 0 Å². The maximum absolute atomic E-state index is 12.7. The Kier molecular flexibility index (Phi) is 3.34. The van der Waals surface area contributed by atoms with Gasteiger partial charge in [-0.25, -0.2) is 4.39 Å². The van der Waals surface area contributed by atoms with Crippen molar-refractivity contribution in [1.82, 2.24) is 0 Å². The molecule has 0 nitrogen and oxygen atoms in total. The molecule has 0 heterocycles. The number of hydrogen-bond donors (Lipinski definition) is 0. The SMILES string of the molecule is Fc1cc(Cl)cc(CCBr)c1. The normalized spacial score (nSPS) is 10.1. The molecule has 1 rings (SSSR count). The molecular formula is C8H7BrClF. The Morgan fingerprint density at radius 1 is 1.36 bits per heavy atom. The van der Waals surface area contributed by atoms with Crippen LogP contribution < -0.4 is 0 Å². The summed E-state index contributed by atoms with van der Waals surface area (Å²) in [5, 5.41) is 1.29. The molecule has 0 aliphatic heterocycles. The van der Waals surface area contributed by atoms with Crippen LogP contribution in [0.1, 0.15) is 5.56 Å². The van der Waals surface area contributed by atoms with Crippen molar-refractivity contribution >= 4 is 27.5 Å². The van der Waals surface area contributed by atoms with Crippen LogP contribution in [0.15, 0.2) is 18.2 Å². The predicted octanol–water partition coefficient (Wildman–Crippen LogP) is 3.42. The first kappa shape index (κ1) is 9.01. The lowest BCUT2D eigenvalue weighted by Gasteiger charge is -1.98. The summed E-state index contributed by atoms with van der Waals surface area (Å²) in [7, 11) is 0. The molecule has 0 aliphatic carbocycles. The molecule has 0 atom stereocenters. The highest BCUT2D eigenvalue weighted by Crippen LogP contribution is 2.14. The summed E-state index contributed by atoms with van der Waals surface area (Å²) in [5.74, 6) is -0.270. The van der Waals surface area contributed by atoms with Crippen molar-refractivity contribution in [2.45, 2.75) is 6.42 Å². The van der Waals surface area contributed by atoms with E-state index < -0.39 is 0 Å². The zero-order valence-electron chi connectivity index (χ0n) is 5.78. The van der Waals surface area contributed by atoms with E-state index in [1.807, 2.05) is 0 Å². The molecule has 0 fully saturated rings. The molecule has 0 saturated carbocycles. The van der Waals surface area contributed by atoms with Gasteiger partial charge in [0, 0.05) is 10.4 Å². The Hall–Kier alpha value is -0.0800. The summed E-state index contributed by atoms with van der Waals surface area (Å²) >= 11 is 8.90. The van der Waals surface area contributed by atoms with Gasteiger partial charge < -0.3 is 0 Å². The van der Waals surface area contributed by atoms with Crippen LogP contribution in [0, 0.1) is 5.82 Å². The van der Waals surface area contributed by atoms with Crippen molar-refractivity contribution in [3.05, 3.63) is 34.6 Å². The van der Waals surface area contributed by atoms with Crippen molar-refractivity contribution in [2.75, 3.05) is 5.33 Å². The molecule has 0 aromatic heterocycles. The molecule has 3 heteroatoms. The number of rotatable bonds is 2. The van der Waals surface area contributed by atoms with Crippen LogP contribution in [0.25, 0.3) is 0 Å². The van der Waals surface area contributed by atoms with Gasteiger partial charge in [0.1, 0.15) is 5.82 Å². The van der Waals surface area contributed by atoms with Crippen molar-refractivity contribution in [1.29, 1.82) is 0 Å². The van der Waals surface area contributed by atoms with Gasteiger partial charge in [-0.2, -0.15) is 0 Å². The Bertz CT molecular complexity index is 230. The third-order valence-electron chi connectivity index (χ3n) is 1.31. The minimum atomic E-state index is -0.270. The van der Waals surface area contributed by atoms with E-state index in [1.54, 1.807) is 6.07 Å². The summed E-state index contributed by atoms with van der Waals surface area (Å²) in [6.45, 7) is 0. The summed E-state index contributed by atoms with van der Waals surface area (Å²) in [6, 6.07) is 4.57. The van der Waals surface area contributed by atoms with Crippen molar-refractivity contribution < 1.29 is 4.39 Å². The Balaban J connectivity index is 2.89. The van der Waals surface area contributed by atoms with Crippen LogP contribution in [-0.4, -0.2) is 5.33 Å². The first-order valence-electron chi connectivity index (χ1n) is 3.23. The number of alkyl halides is 1. The smallest absolute Gasteiger partial charge is 0.124 e. The summed E-state index contributed by atoms with van der Waals surface area (Å²) in [5.41, 5.74) is 0.923. The van der Waals surface area contributed by atoms with Gasteiger partial charge in [0.2, 0.25) is 0 Å². The minimum absolute atomic E-state index is 0.270. The van der Waals surface area contributed by atoms with Crippen molar-refractivity contribution in [2.24, 2.45) is 0 Å². The van der Waals surface area contributed by atoms with Crippen LogP contribution in [0.4, 0.5) is 4.39 Å². The van der Waals surface area contributed by atoms with Crippen LogP contribution >= 0.6 is 27.5 Å². The second kappa shape index (κ2) is 4.07. The average Bonchev–Trinajstić information content (AvgIpc) is 1.85. The first-order chi connectivity index (χ1) is 5.22. The Morgan fingerprint density at radius 3 is 2.64 bits per heavy atom. The molecule has 60 valence electrons. The van der Waals surface area contributed by atoms with Crippen LogP contribution in [0.2, 0.25) is 5.02 Å². The highest BCUT2D eigenvalue weighted by atomic mass is 79.9. The number of benzene rings is 1. The minimum Gasteiger partial charge on any atom is -0.207 e. The van der Waals surface area contributed by atoms with Gasteiger partial charge in [-0.05, 0) is 30.2 Å². The molecular weight excluding hydrogens is 230 g/mol. The largest absolute Gasteiger partial charge is 0.207 e. The van der Waals surface area contributed by atoms with Gasteiger partial charge in [-0.3, -0.25) is 0 Å². The monoisotopic (exact) mass is 236 g/mol. The molecule has 1 aromatic rings. The van der Waals surface area contributed by atoms with E-state index >= 15 is 0 Å². The molecule has 0 spiro atoms. The second-order valence-corrected chi connectivity index (χ2v) is 3.45. The maximum Gasteiger partial charge on any atom is 0.124 e. The highest BCUT2D eigenvalue weighted by Gasteiger charge is 1.97. The zero-order chi connectivity index (χ0) is 8.27. The summed E-state index contributed by atoms with van der Waals surface area (Å²) in [6.07, 6.45) is 0.803. The van der Waals surface area contributed by atoms with Gasteiger partial charge in [-0.1, -0.05) is 27.5 Å². The number of halogens is 3. The van der Waals surface area contributed by atoms with E-state index in [0.29, 0.717) is 5.02 Å². The third-order valence-corrected chi connectivity index (χ3v) is 1.92. The van der Waals surface area contributed by atoms with E-state index in [2.05, 4.69) is 15.9 Å². The standard InChI is InChI=1S/C8H7BrClF/c9-2-1-6-3-7(10)5-8(11)4-6/h3-5H,1-2H2. The van der Waals surface area contributed by atoms with Crippen molar-refractivity contribution in [3.8, 4) is 0 Å². The van der Waals surface area contributed by atoms with Crippen molar-refractivity contribution in [3.63, 3.8) is 0 Å². The fraction of sp³-hybridized carbons (Fsp3) is 0.250. The van der Waals surface area contributed by atoms with E-state index in [-0.39, 0.29) is 5.82 Å². The quantitative estimate of drug-likeness (QED) is 0.692. The molecule has 0 saturated heterocycles. The second-order valence-electron chi connectivity index (χ2n) is 2.22. The molecule has 1 aromatic carbocycles. The Morgan fingerprint density at radius 2 is 2.09 bits per heavy atom. The van der Waals surface area contributed by atoms with Crippen LogP contribution in [0.5, 0.6) is 0 Å². The van der Waals surface area contributed by atoms with E-state index in [9.17, 15) is 4.39 Å². The predicted molar refractivity (Wildman–Crippen MR) is 48.9 cm³/mol. The van der Waals surface area contributed by atoms with Gasteiger partial charge in [0.15, 0.2) is 0 Å². The number of aryl methyl sites for hydroxylation is 1. The fourth-order valence-electron chi connectivity index (χ4n) is 0.864. The summed E-state index contributed by atoms with van der Waals surface area (Å²) in [4.78, 5) is 0. The Labute approximate surface area is 78.5 Å². The topological polar surface area (TPSA) is 0 Å². The maximum atomic E-state index is 12.7. The van der Waals surface area contributed by atoms with E-state index in [1.165, 1.54) is 12.1 Å². The molecule has 0 amide bonds. The first-order valence-corrected chi connectivity index (χ1v) is 4.73. The highest BCUT2D eigenvalue weighted by molar-refractivity contribution is 9.09. The molecule has 11 heavy (non-hydrogen) atoms. The van der Waals surface area contributed by atoms with Gasteiger partial charge >= 0.3 is 0 Å². The third kappa shape index (κ3) is 2.80. The summed E-state index contributed by atoms with van der Waals surface area (Å²) < 4.78 is 12.7. The average molecular weight is 237 g/mol. The van der Waals surface area contributed by atoms with Gasteiger partial charge in [-0.15, -0.1) is 0 Å². The molecule has 0 unspecified atom stereocenters. The zero-order valence-corrected chi connectivity index (χ0v) is 8.12. The number of hydrogen-bond acceptors (Lipinski definition) is 0. The fourth-order valence-corrected chi connectivity index (χ4v) is 1.57. The molecule has 0 N–H and O–H groups in total. The molecule has 0 bridgehead atoms. The van der Waals surface area contributed by atoms with E-state index in [0.717, 1.165) is 17.3 Å². The van der Waals surface area contributed by atoms with E-state index in [4.69, 9.17) is 11.6 Å². The lowest BCUT2D eigenvalue weighted by molar-refractivity contribution is 0.626. The lowest BCUT2D eigenvalue weighted by atomic mass is 10.2. The van der Waals surface area contributed by atoms with Gasteiger partial charge in [0.25, 0.3) is 0 Å². The van der Waals surface area contributed by atoms with Gasteiger partial charge in [0.05, 0.1) is 0 Å².